The van der Waals surface area contributed by atoms with Crippen molar-refractivity contribution in [1.82, 2.24) is 6.15 Å². The van der Waals surface area contributed by atoms with Gasteiger partial charge in [0.25, 0.3) is 0 Å². The van der Waals surface area contributed by atoms with Gasteiger partial charge in [-0.1, -0.05) is 0 Å². The third-order valence-corrected chi connectivity index (χ3v) is 0. The fourth-order valence-electron chi connectivity index (χ4n) is 0. The van der Waals surface area contributed by atoms with E-state index in [1.54, 1.807) is 0 Å². The van der Waals surface area contributed by atoms with Gasteiger partial charge in [0.1, 0.15) is 0 Å². The molecule has 8 N–H and O–H groups in total. The van der Waals surface area contributed by atoms with E-state index in [4.69, 9.17) is 19.2 Å². The number of hydrogen-bond donors (Lipinski definition) is 4. The van der Waals surface area contributed by atoms with Crippen LogP contribution in [0.15, 0.2) is 0 Å². The second-order valence-corrected chi connectivity index (χ2v) is 1.54. The van der Waals surface area contributed by atoms with E-state index in [0.717, 1.165) is 0 Å². The maximum Gasteiger partial charge on any atom is 1.00 e. The quantitative estimate of drug-likeness (QED) is 0.207. The van der Waals surface area contributed by atoms with Crippen molar-refractivity contribution >= 4 is 7.82 Å². The molecule has 0 spiro atoms. The van der Waals surface area contributed by atoms with E-state index in [1.165, 1.54) is 0 Å². The molecule has 0 fully saturated rings. The summed E-state index contributed by atoms with van der Waals surface area (Å²) in [6.45, 7) is 0. The third kappa shape index (κ3) is 241. The van der Waals surface area contributed by atoms with Crippen LogP contribution < -0.4 is 35.7 Å². The predicted octanol–water partition coefficient (Wildman–Crippen LogP) is -4.47. The molecule has 50 valence electrons. The smallest absolute Gasteiger partial charge is 1.00 e. The van der Waals surface area contributed by atoms with Gasteiger partial charge in [0.05, 0.1) is 0 Å². The summed E-state index contributed by atoms with van der Waals surface area (Å²) >= 11 is 0. The minimum Gasteiger partial charge on any atom is -1.00 e. The zero-order chi connectivity index (χ0) is 4.50. The van der Waals surface area contributed by atoms with Crippen LogP contribution in [0, 0.1) is 0 Å². The average Bonchev–Trinajstić information content (AvgIpc) is 0.722. The van der Waals surface area contributed by atoms with Gasteiger partial charge in [-0.3, -0.25) is 0 Å². The second kappa shape index (κ2) is 8.03. The largest absolute Gasteiger partial charge is 1.00 e. The van der Waals surface area contributed by atoms with E-state index in [2.05, 4.69) is 0 Å². The van der Waals surface area contributed by atoms with Crippen molar-refractivity contribution in [3.63, 3.8) is 0 Å². The molecular formula is H9NNaO5P. The standard InChI is InChI=1S/H3N.Na.H3O4P.H2O.H/c;;1-5(2,3)4;;/h1H3;;(H3,1,2,3,4);1H2;/q;+1;;;-1. The van der Waals surface area contributed by atoms with Crippen molar-refractivity contribution in [3.05, 3.63) is 0 Å². The zero-order valence-electron chi connectivity index (χ0n) is 5.40. The Morgan fingerprint density at radius 2 is 1.25 bits per heavy atom. The molecule has 0 unspecified atom stereocenters. The summed E-state index contributed by atoms with van der Waals surface area (Å²) in [7, 11) is -4.64. The first kappa shape index (κ1) is 23.0. The van der Waals surface area contributed by atoms with E-state index >= 15 is 0 Å². The summed E-state index contributed by atoms with van der Waals surface area (Å²) in [5, 5.41) is 0. The van der Waals surface area contributed by atoms with Crippen LogP contribution in [0.25, 0.3) is 0 Å². The summed E-state index contributed by atoms with van der Waals surface area (Å²) in [5.41, 5.74) is 0. The molecule has 0 saturated heterocycles. The van der Waals surface area contributed by atoms with Crippen LogP contribution in [-0.2, 0) is 4.57 Å². The predicted molar refractivity (Wildman–Crippen MR) is 24.0 cm³/mol. The molecule has 0 aromatic rings. The Balaban J connectivity index is -0.0000000133. The van der Waals surface area contributed by atoms with Crippen LogP contribution in [-0.4, -0.2) is 20.2 Å². The monoisotopic (exact) mass is 157 g/mol. The second-order valence-electron chi connectivity index (χ2n) is 0.513. The topological polar surface area (TPSA) is 144 Å². The first-order chi connectivity index (χ1) is 2.00. The Bertz CT molecular complexity index is 63.1. The SMILES string of the molecule is N.O.O=P(O)(O)O.[H-].[Na+]. The minimum absolute atomic E-state index is 0. The summed E-state index contributed by atoms with van der Waals surface area (Å²) in [6, 6.07) is 0. The number of hydrogen-bond acceptors (Lipinski definition) is 2. The van der Waals surface area contributed by atoms with Crippen LogP contribution in [0.2, 0.25) is 0 Å². The van der Waals surface area contributed by atoms with Crippen molar-refractivity contribution in [2.24, 2.45) is 0 Å². The van der Waals surface area contributed by atoms with Crippen molar-refractivity contribution in [1.29, 1.82) is 0 Å². The van der Waals surface area contributed by atoms with Gasteiger partial charge in [-0.25, -0.2) is 4.57 Å². The van der Waals surface area contributed by atoms with Gasteiger partial charge >= 0.3 is 37.4 Å². The van der Waals surface area contributed by atoms with Gasteiger partial charge in [-0.2, -0.15) is 0 Å². The first-order valence-electron chi connectivity index (χ1n) is 0.783. The molecule has 0 amide bonds. The Morgan fingerprint density at radius 3 is 1.25 bits per heavy atom. The molecule has 0 saturated carbocycles. The Kier molecular flexibility index (Phi) is 23.1. The van der Waals surface area contributed by atoms with Gasteiger partial charge in [0.15, 0.2) is 0 Å². The summed E-state index contributed by atoms with van der Waals surface area (Å²) < 4.78 is 8.88. The summed E-state index contributed by atoms with van der Waals surface area (Å²) in [4.78, 5) is 21.6. The van der Waals surface area contributed by atoms with Gasteiger partial charge < -0.3 is 27.7 Å². The van der Waals surface area contributed by atoms with Crippen LogP contribution in [0.3, 0.4) is 0 Å². The first-order valence-corrected chi connectivity index (χ1v) is 2.35. The van der Waals surface area contributed by atoms with Crippen LogP contribution >= 0.6 is 7.82 Å². The van der Waals surface area contributed by atoms with Crippen LogP contribution in [0.4, 0.5) is 0 Å². The average molecular weight is 157 g/mol. The molecule has 6 nitrogen and oxygen atoms in total. The maximum atomic E-state index is 8.88. The Labute approximate surface area is 69.8 Å². The zero-order valence-corrected chi connectivity index (χ0v) is 7.30. The molecule has 0 aliphatic rings. The Morgan fingerprint density at radius 1 is 1.25 bits per heavy atom. The van der Waals surface area contributed by atoms with E-state index in [-0.39, 0.29) is 42.6 Å². The van der Waals surface area contributed by atoms with Crippen LogP contribution in [0.1, 0.15) is 1.43 Å². The molecule has 0 aliphatic carbocycles. The fraction of sp³-hybridized carbons (Fsp3) is 0. The summed E-state index contributed by atoms with van der Waals surface area (Å²) in [5.74, 6) is 0. The van der Waals surface area contributed by atoms with Crippen molar-refractivity contribution in [3.8, 4) is 0 Å². The molecular weight excluding hydrogens is 148 g/mol. The van der Waals surface area contributed by atoms with E-state index < -0.39 is 7.82 Å². The van der Waals surface area contributed by atoms with Gasteiger partial charge in [-0.05, 0) is 0 Å². The normalized spacial score (nSPS) is 7.38. The molecule has 8 heavy (non-hydrogen) atoms. The van der Waals surface area contributed by atoms with Crippen molar-refractivity contribution in [2.45, 2.75) is 0 Å². The summed E-state index contributed by atoms with van der Waals surface area (Å²) in [6.07, 6.45) is 0. The molecule has 0 atom stereocenters. The molecule has 0 aromatic heterocycles. The van der Waals surface area contributed by atoms with Crippen LogP contribution in [0.5, 0.6) is 0 Å². The molecule has 0 radical (unpaired) electrons. The molecule has 0 rings (SSSR count). The molecule has 0 aliphatic heterocycles. The molecule has 8 heteroatoms. The number of rotatable bonds is 0. The van der Waals surface area contributed by atoms with Crippen molar-refractivity contribution in [2.75, 3.05) is 0 Å². The Hall–Kier alpha value is 1.03. The van der Waals surface area contributed by atoms with Crippen molar-refractivity contribution < 1.29 is 55.7 Å². The molecule has 0 bridgehead atoms. The maximum absolute atomic E-state index is 8.88. The minimum atomic E-state index is -4.64. The van der Waals surface area contributed by atoms with E-state index in [9.17, 15) is 0 Å². The molecule has 0 heterocycles. The van der Waals surface area contributed by atoms with Gasteiger partial charge in [-0.15, -0.1) is 0 Å². The van der Waals surface area contributed by atoms with Gasteiger partial charge in [0, 0.05) is 0 Å². The van der Waals surface area contributed by atoms with E-state index in [1.807, 2.05) is 0 Å². The third-order valence-electron chi connectivity index (χ3n) is 0. The number of phosphoric acid groups is 1. The fourth-order valence-corrected chi connectivity index (χ4v) is 0. The van der Waals surface area contributed by atoms with E-state index in [0.29, 0.717) is 0 Å². The molecule has 0 aromatic carbocycles. The van der Waals surface area contributed by atoms with Gasteiger partial charge in [0.2, 0.25) is 0 Å².